The quantitative estimate of drug-likeness (QED) is 0.449. The highest BCUT2D eigenvalue weighted by atomic mass is 19.3. The first-order valence-electron chi connectivity index (χ1n) is 10.3. The number of aromatic nitrogens is 8. The molecular weight excluding hydrogens is 416 g/mol. The topological polar surface area (TPSA) is 104 Å². The van der Waals surface area contributed by atoms with E-state index in [1.165, 1.54) is 0 Å². The molecular formula is C21H19F2N9. The third-order valence-corrected chi connectivity index (χ3v) is 5.86. The molecule has 5 aromatic rings. The summed E-state index contributed by atoms with van der Waals surface area (Å²) in [7, 11) is 1.86. The average molecular weight is 435 g/mol. The molecule has 0 unspecified atom stereocenters. The van der Waals surface area contributed by atoms with Crippen LogP contribution in [0.1, 0.15) is 12.8 Å². The monoisotopic (exact) mass is 435 g/mol. The maximum absolute atomic E-state index is 13.6. The summed E-state index contributed by atoms with van der Waals surface area (Å²) in [6, 6.07) is 3.82. The summed E-state index contributed by atoms with van der Waals surface area (Å²) in [4.78, 5) is 18.8. The van der Waals surface area contributed by atoms with Crippen molar-refractivity contribution >= 4 is 27.9 Å². The van der Waals surface area contributed by atoms with E-state index in [1.54, 1.807) is 23.3 Å². The fraction of sp³-hybridized carbons (Fsp3) is 0.286. The lowest BCUT2D eigenvalue weighted by Gasteiger charge is -2.32. The number of halogens is 2. The van der Waals surface area contributed by atoms with Crippen LogP contribution in [0.15, 0.2) is 36.9 Å². The van der Waals surface area contributed by atoms with Gasteiger partial charge in [-0.3, -0.25) is 9.78 Å². The van der Waals surface area contributed by atoms with Gasteiger partial charge in [0.1, 0.15) is 11.2 Å². The Morgan fingerprint density at radius 1 is 1.09 bits per heavy atom. The molecule has 0 aromatic carbocycles. The van der Waals surface area contributed by atoms with Crippen LogP contribution < -0.4 is 4.90 Å². The number of aryl methyl sites for hydroxylation is 1. The van der Waals surface area contributed by atoms with Gasteiger partial charge in [0.25, 0.3) is 5.92 Å². The maximum atomic E-state index is 13.6. The third kappa shape index (κ3) is 3.08. The summed E-state index contributed by atoms with van der Waals surface area (Å²) in [5, 5.41) is 12.4. The van der Waals surface area contributed by atoms with E-state index in [4.69, 9.17) is 4.98 Å². The van der Waals surface area contributed by atoms with E-state index in [2.05, 4.69) is 30.2 Å². The number of imidazole rings is 1. The summed E-state index contributed by atoms with van der Waals surface area (Å²) in [5.74, 6) is -1.45. The van der Waals surface area contributed by atoms with Crippen LogP contribution in [-0.4, -0.2) is 58.9 Å². The Hall–Kier alpha value is -3.89. The SMILES string of the molecule is Cn1cc(-c2cnc3[nH]nc(-c4nc5c(N6CCC(F)(F)CC6)nccc5[nH]4)c3c2)cn1. The summed E-state index contributed by atoms with van der Waals surface area (Å²) in [6.07, 6.45) is 6.77. The van der Waals surface area contributed by atoms with Gasteiger partial charge in [0.2, 0.25) is 0 Å². The van der Waals surface area contributed by atoms with E-state index in [0.29, 0.717) is 28.5 Å². The van der Waals surface area contributed by atoms with Crippen molar-refractivity contribution in [1.82, 2.24) is 39.9 Å². The minimum atomic E-state index is -2.62. The zero-order chi connectivity index (χ0) is 21.9. The number of aromatic amines is 2. The fourth-order valence-corrected chi connectivity index (χ4v) is 4.12. The summed E-state index contributed by atoms with van der Waals surface area (Å²) < 4.78 is 29.0. The molecule has 5 aromatic heterocycles. The normalized spacial score (nSPS) is 16.3. The zero-order valence-electron chi connectivity index (χ0n) is 17.2. The van der Waals surface area contributed by atoms with Crippen molar-refractivity contribution in [2.45, 2.75) is 18.8 Å². The Labute approximate surface area is 180 Å². The number of anilines is 1. The molecule has 0 bridgehead atoms. The van der Waals surface area contributed by atoms with E-state index in [-0.39, 0.29) is 25.9 Å². The van der Waals surface area contributed by atoms with E-state index in [1.807, 2.05) is 30.3 Å². The van der Waals surface area contributed by atoms with Crippen molar-refractivity contribution in [2.24, 2.45) is 7.05 Å². The fourth-order valence-electron chi connectivity index (χ4n) is 4.12. The van der Waals surface area contributed by atoms with Crippen molar-refractivity contribution in [3.8, 4) is 22.6 Å². The van der Waals surface area contributed by atoms with Gasteiger partial charge in [-0.25, -0.2) is 23.7 Å². The smallest absolute Gasteiger partial charge is 0.251 e. The first-order valence-corrected chi connectivity index (χ1v) is 10.3. The lowest BCUT2D eigenvalue weighted by Crippen LogP contribution is -2.39. The van der Waals surface area contributed by atoms with E-state index in [0.717, 1.165) is 22.0 Å². The average Bonchev–Trinajstić information content (AvgIpc) is 3.50. The minimum Gasteiger partial charge on any atom is -0.354 e. The highest BCUT2D eigenvalue weighted by molar-refractivity contribution is 5.95. The number of fused-ring (bicyclic) bond motifs is 2. The van der Waals surface area contributed by atoms with E-state index >= 15 is 0 Å². The molecule has 1 fully saturated rings. The number of rotatable bonds is 3. The molecule has 0 spiro atoms. The molecule has 1 saturated heterocycles. The highest BCUT2D eigenvalue weighted by Gasteiger charge is 2.35. The van der Waals surface area contributed by atoms with Crippen molar-refractivity contribution < 1.29 is 8.78 Å². The molecule has 0 amide bonds. The molecule has 0 radical (unpaired) electrons. The van der Waals surface area contributed by atoms with Gasteiger partial charge in [-0.05, 0) is 12.1 Å². The van der Waals surface area contributed by atoms with Crippen LogP contribution >= 0.6 is 0 Å². The van der Waals surface area contributed by atoms with Crippen LogP contribution in [0.25, 0.3) is 44.7 Å². The first kappa shape index (κ1) is 18.8. The molecule has 0 saturated carbocycles. The van der Waals surface area contributed by atoms with Crippen LogP contribution in [0.5, 0.6) is 0 Å². The number of pyridine rings is 2. The molecule has 11 heteroatoms. The molecule has 6 rings (SSSR count). The highest BCUT2D eigenvalue weighted by Crippen LogP contribution is 2.34. The Bertz CT molecular complexity index is 1440. The number of piperidine rings is 1. The Morgan fingerprint density at radius 3 is 2.72 bits per heavy atom. The third-order valence-electron chi connectivity index (χ3n) is 5.86. The Kier molecular flexibility index (Phi) is 4.01. The molecule has 1 aliphatic heterocycles. The largest absolute Gasteiger partial charge is 0.354 e. The minimum absolute atomic E-state index is 0.185. The van der Waals surface area contributed by atoms with E-state index < -0.39 is 5.92 Å². The van der Waals surface area contributed by atoms with Gasteiger partial charge >= 0.3 is 0 Å². The van der Waals surface area contributed by atoms with Gasteiger partial charge < -0.3 is 9.88 Å². The van der Waals surface area contributed by atoms with Crippen molar-refractivity contribution in [3.05, 3.63) is 36.9 Å². The van der Waals surface area contributed by atoms with Crippen LogP contribution in [0.4, 0.5) is 14.6 Å². The van der Waals surface area contributed by atoms with Crippen LogP contribution in [0.3, 0.4) is 0 Å². The second-order valence-corrected chi connectivity index (χ2v) is 8.05. The zero-order valence-corrected chi connectivity index (χ0v) is 17.2. The van der Waals surface area contributed by atoms with Crippen molar-refractivity contribution in [2.75, 3.05) is 18.0 Å². The Morgan fingerprint density at radius 2 is 1.94 bits per heavy atom. The van der Waals surface area contributed by atoms with Gasteiger partial charge in [-0.15, -0.1) is 0 Å². The van der Waals surface area contributed by atoms with Crippen LogP contribution in [-0.2, 0) is 7.05 Å². The molecule has 0 aliphatic carbocycles. The second-order valence-electron chi connectivity index (χ2n) is 8.05. The van der Waals surface area contributed by atoms with E-state index in [9.17, 15) is 8.78 Å². The van der Waals surface area contributed by atoms with Gasteiger partial charge in [0.05, 0.1) is 17.1 Å². The molecule has 0 atom stereocenters. The lowest BCUT2D eigenvalue weighted by atomic mass is 10.1. The molecule has 2 N–H and O–H groups in total. The molecule has 32 heavy (non-hydrogen) atoms. The van der Waals surface area contributed by atoms with Gasteiger partial charge in [0, 0.05) is 62.7 Å². The van der Waals surface area contributed by atoms with Gasteiger partial charge in [-0.1, -0.05) is 0 Å². The summed E-state index contributed by atoms with van der Waals surface area (Å²) in [6.45, 7) is 0.482. The number of H-pyrrole nitrogens is 2. The molecule has 6 heterocycles. The second kappa shape index (κ2) is 6.81. The van der Waals surface area contributed by atoms with Crippen LogP contribution in [0.2, 0.25) is 0 Å². The van der Waals surface area contributed by atoms with Crippen molar-refractivity contribution in [3.63, 3.8) is 0 Å². The van der Waals surface area contributed by atoms with Crippen molar-refractivity contribution in [1.29, 1.82) is 0 Å². The number of nitrogens with zero attached hydrogens (tertiary/aromatic N) is 7. The molecule has 162 valence electrons. The number of hydrogen-bond donors (Lipinski definition) is 2. The number of hydrogen-bond acceptors (Lipinski definition) is 6. The van der Waals surface area contributed by atoms with Gasteiger partial charge in [-0.2, -0.15) is 10.2 Å². The summed E-state index contributed by atoms with van der Waals surface area (Å²) in [5.41, 5.74) is 4.55. The number of alkyl halides is 2. The maximum Gasteiger partial charge on any atom is 0.251 e. The lowest BCUT2D eigenvalue weighted by molar-refractivity contribution is -0.0221. The number of nitrogens with one attached hydrogen (secondary N) is 2. The first-order chi connectivity index (χ1) is 15.5. The predicted octanol–water partition coefficient (Wildman–Crippen LogP) is 3.53. The summed E-state index contributed by atoms with van der Waals surface area (Å²) >= 11 is 0. The predicted molar refractivity (Wildman–Crippen MR) is 115 cm³/mol. The molecule has 1 aliphatic rings. The van der Waals surface area contributed by atoms with Crippen LogP contribution in [0, 0.1) is 0 Å². The standard InChI is InChI=1S/C21H19F2N9/c1-31-11-13(10-26-31)12-8-14-16(29-30-18(14)25-9-12)19-27-15-2-5-24-20(17(15)28-19)32-6-3-21(22,23)4-7-32/h2,5,8-11H,3-4,6-7H2,1H3,(H,27,28)(H,25,29,30). The molecule has 9 nitrogen and oxygen atoms in total. The van der Waals surface area contributed by atoms with Gasteiger partial charge in [0.15, 0.2) is 17.3 Å². The Balaban J connectivity index is 1.42.